The molecule has 0 unspecified atom stereocenters. The van der Waals surface area contributed by atoms with E-state index in [2.05, 4.69) is 10.3 Å². The molecule has 2 aromatic rings. The summed E-state index contributed by atoms with van der Waals surface area (Å²) in [6.45, 7) is 3.34. The molecule has 0 aliphatic carbocycles. The maximum atomic E-state index is 12.1. The van der Waals surface area contributed by atoms with Crippen molar-refractivity contribution >= 4 is 16.8 Å². The van der Waals surface area contributed by atoms with Crippen LogP contribution in [0.1, 0.15) is 19.8 Å². The molecule has 2 heterocycles. The van der Waals surface area contributed by atoms with E-state index in [1.165, 1.54) is 0 Å². The number of aromatic nitrogens is 1. The van der Waals surface area contributed by atoms with Crippen LogP contribution in [-0.2, 0) is 9.53 Å². The Bertz CT molecular complexity index is 661. The highest BCUT2D eigenvalue weighted by Crippen LogP contribution is 2.25. The molecule has 0 bridgehead atoms. The lowest BCUT2D eigenvalue weighted by Crippen LogP contribution is -2.45. The van der Waals surface area contributed by atoms with E-state index in [1.807, 2.05) is 37.3 Å². The Labute approximate surface area is 129 Å². The fourth-order valence-electron chi connectivity index (χ4n) is 2.66. The van der Waals surface area contributed by atoms with Crippen molar-refractivity contribution in [2.75, 3.05) is 19.8 Å². The third-order valence-corrected chi connectivity index (χ3v) is 3.94. The van der Waals surface area contributed by atoms with Crippen molar-refractivity contribution < 1.29 is 14.3 Å². The minimum atomic E-state index is -0.680. The molecule has 1 aromatic carbocycles. The second kappa shape index (κ2) is 6.32. The Hall–Kier alpha value is -2.14. The van der Waals surface area contributed by atoms with E-state index in [1.54, 1.807) is 6.20 Å². The predicted octanol–water partition coefficient (Wildman–Crippen LogP) is 2.30. The summed E-state index contributed by atoms with van der Waals surface area (Å²) in [6.07, 6.45) is 3.45. The van der Waals surface area contributed by atoms with Crippen LogP contribution in [-0.4, -0.2) is 36.3 Å². The number of rotatable bonds is 5. The predicted molar refractivity (Wildman–Crippen MR) is 83.8 cm³/mol. The van der Waals surface area contributed by atoms with E-state index in [0.29, 0.717) is 19.8 Å². The average molecular weight is 300 g/mol. The van der Waals surface area contributed by atoms with Gasteiger partial charge in [0.1, 0.15) is 23.5 Å². The Balaban J connectivity index is 1.53. The molecule has 1 aliphatic heterocycles. The van der Waals surface area contributed by atoms with Crippen molar-refractivity contribution in [1.82, 2.24) is 10.3 Å². The first kappa shape index (κ1) is 14.8. The van der Waals surface area contributed by atoms with Gasteiger partial charge in [0, 0.05) is 18.2 Å². The van der Waals surface area contributed by atoms with Gasteiger partial charge in [0.2, 0.25) is 0 Å². The number of hydrogen-bond donors (Lipinski definition) is 1. The van der Waals surface area contributed by atoms with Gasteiger partial charge >= 0.3 is 0 Å². The number of carbonyl (C=O) groups is 1. The fourth-order valence-corrected chi connectivity index (χ4v) is 2.66. The smallest absolute Gasteiger partial charge is 0.252 e. The molecule has 5 nitrogen and oxygen atoms in total. The van der Waals surface area contributed by atoms with Gasteiger partial charge in [0.05, 0.1) is 6.54 Å². The van der Waals surface area contributed by atoms with Crippen LogP contribution in [0, 0.1) is 0 Å². The first-order valence-electron chi connectivity index (χ1n) is 7.58. The molecule has 22 heavy (non-hydrogen) atoms. The highest BCUT2D eigenvalue weighted by atomic mass is 16.5. The van der Waals surface area contributed by atoms with Crippen molar-refractivity contribution in [2.24, 2.45) is 0 Å². The number of pyridine rings is 1. The van der Waals surface area contributed by atoms with Crippen LogP contribution in [0.4, 0.5) is 0 Å². The van der Waals surface area contributed by atoms with Crippen LogP contribution >= 0.6 is 0 Å². The lowest BCUT2D eigenvalue weighted by molar-refractivity contribution is -0.139. The second-order valence-corrected chi connectivity index (χ2v) is 5.62. The van der Waals surface area contributed by atoms with E-state index in [0.717, 1.165) is 29.5 Å². The van der Waals surface area contributed by atoms with Crippen LogP contribution < -0.4 is 10.1 Å². The number of nitrogens with zero attached hydrogens (tertiary/aromatic N) is 1. The number of carbonyl (C=O) groups excluding carboxylic acids is 1. The molecule has 1 atom stereocenters. The molecule has 1 saturated heterocycles. The molecule has 1 fully saturated rings. The van der Waals surface area contributed by atoms with E-state index in [4.69, 9.17) is 9.47 Å². The molecule has 1 N–H and O–H groups in total. The summed E-state index contributed by atoms with van der Waals surface area (Å²) < 4.78 is 11.3. The van der Waals surface area contributed by atoms with Gasteiger partial charge in [-0.25, -0.2) is 0 Å². The maximum absolute atomic E-state index is 12.1. The fraction of sp³-hybridized carbons (Fsp3) is 0.412. The summed E-state index contributed by atoms with van der Waals surface area (Å²) in [7, 11) is 0. The van der Waals surface area contributed by atoms with Crippen LogP contribution in [0.15, 0.2) is 36.5 Å². The number of para-hydroxylation sites is 1. The average Bonchev–Trinajstić information content (AvgIpc) is 2.99. The zero-order valence-corrected chi connectivity index (χ0v) is 12.7. The molecular weight excluding hydrogens is 280 g/mol. The highest BCUT2D eigenvalue weighted by molar-refractivity contribution is 5.85. The Morgan fingerprint density at radius 2 is 2.27 bits per heavy atom. The van der Waals surface area contributed by atoms with Crippen LogP contribution in [0.3, 0.4) is 0 Å². The molecule has 3 rings (SSSR count). The summed E-state index contributed by atoms with van der Waals surface area (Å²) in [6, 6.07) is 9.71. The normalized spacial score (nSPS) is 21.0. The van der Waals surface area contributed by atoms with Crippen molar-refractivity contribution in [3.8, 4) is 5.75 Å². The minimum absolute atomic E-state index is 0.0651. The van der Waals surface area contributed by atoms with Gasteiger partial charge in [0.25, 0.3) is 5.91 Å². The minimum Gasteiger partial charge on any atom is -0.489 e. The molecule has 1 aromatic heterocycles. The van der Waals surface area contributed by atoms with E-state index < -0.39 is 5.60 Å². The van der Waals surface area contributed by atoms with E-state index in [9.17, 15) is 4.79 Å². The molecule has 0 saturated carbocycles. The van der Waals surface area contributed by atoms with Crippen molar-refractivity contribution in [3.63, 3.8) is 0 Å². The van der Waals surface area contributed by atoms with Gasteiger partial charge < -0.3 is 14.8 Å². The summed E-state index contributed by atoms with van der Waals surface area (Å²) in [5, 5.41) is 3.91. The van der Waals surface area contributed by atoms with Crippen LogP contribution in [0.5, 0.6) is 5.75 Å². The third kappa shape index (κ3) is 3.04. The van der Waals surface area contributed by atoms with Gasteiger partial charge in [-0.3, -0.25) is 9.78 Å². The summed E-state index contributed by atoms with van der Waals surface area (Å²) in [4.78, 5) is 16.4. The Kier molecular flexibility index (Phi) is 4.24. The van der Waals surface area contributed by atoms with Crippen molar-refractivity contribution in [1.29, 1.82) is 0 Å². The summed E-state index contributed by atoms with van der Waals surface area (Å²) in [5.41, 5.74) is 0.156. The zero-order chi connectivity index (χ0) is 15.4. The van der Waals surface area contributed by atoms with Crippen LogP contribution in [0.25, 0.3) is 10.9 Å². The highest BCUT2D eigenvalue weighted by Gasteiger charge is 2.37. The first-order valence-corrected chi connectivity index (χ1v) is 7.58. The summed E-state index contributed by atoms with van der Waals surface area (Å²) >= 11 is 0. The number of ether oxygens (including phenoxy) is 2. The number of benzene rings is 1. The SMILES string of the molecule is C[C@]1(C(=O)NCCOc2cccc3cccnc23)CCCO1. The van der Waals surface area contributed by atoms with E-state index >= 15 is 0 Å². The first-order chi connectivity index (χ1) is 10.7. The lowest BCUT2D eigenvalue weighted by atomic mass is 10.0. The standard InChI is InChI=1S/C17H20N2O3/c1-17(8-4-11-22-17)16(20)19-10-12-21-14-7-2-5-13-6-3-9-18-15(13)14/h2-3,5-7,9H,4,8,10-12H2,1H3,(H,19,20)/t17-/m1/s1. The second-order valence-electron chi connectivity index (χ2n) is 5.62. The maximum Gasteiger partial charge on any atom is 0.252 e. The molecule has 116 valence electrons. The Morgan fingerprint density at radius 3 is 3.09 bits per heavy atom. The molecule has 0 radical (unpaired) electrons. The lowest BCUT2D eigenvalue weighted by Gasteiger charge is -2.21. The van der Waals surface area contributed by atoms with Gasteiger partial charge in [-0.15, -0.1) is 0 Å². The molecule has 1 amide bonds. The number of amides is 1. The van der Waals surface area contributed by atoms with Crippen molar-refractivity contribution in [2.45, 2.75) is 25.4 Å². The van der Waals surface area contributed by atoms with Gasteiger partial charge in [0.15, 0.2) is 0 Å². The largest absolute Gasteiger partial charge is 0.489 e. The number of hydrogen-bond acceptors (Lipinski definition) is 4. The zero-order valence-electron chi connectivity index (χ0n) is 12.7. The third-order valence-electron chi connectivity index (χ3n) is 3.94. The van der Waals surface area contributed by atoms with Gasteiger partial charge in [-0.05, 0) is 31.9 Å². The van der Waals surface area contributed by atoms with Crippen molar-refractivity contribution in [3.05, 3.63) is 36.5 Å². The van der Waals surface area contributed by atoms with Gasteiger partial charge in [-0.2, -0.15) is 0 Å². The van der Waals surface area contributed by atoms with Gasteiger partial charge in [-0.1, -0.05) is 18.2 Å². The summed E-state index contributed by atoms with van der Waals surface area (Å²) in [5.74, 6) is 0.667. The quantitative estimate of drug-likeness (QED) is 0.861. The molecular formula is C17H20N2O3. The molecule has 1 aliphatic rings. The molecule has 0 spiro atoms. The van der Waals surface area contributed by atoms with Crippen LogP contribution in [0.2, 0.25) is 0 Å². The topological polar surface area (TPSA) is 60.5 Å². The molecule has 5 heteroatoms. The Morgan fingerprint density at radius 1 is 1.41 bits per heavy atom. The van der Waals surface area contributed by atoms with E-state index in [-0.39, 0.29) is 5.91 Å². The number of fused-ring (bicyclic) bond motifs is 1. The number of nitrogens with one attached hydrogen (secondary N) is 1. The monoisotopic (exact) mass is 300 g/mol.